The molecule has 0 fully saturated rings. The number of thiol groups is 1. The third-order valence-electron chi connectivity index (χ3n) is 4.21. The van der Waals surface area contributed by atoms with Gasteiger partial charge in [-0.05, 0) is 48.8 Å². The Morgan fingerprint density at radius 1 is 1.33 bits per heavy atom. The molecule has 2 unspecified atom stereocenters. The minimum absolute atomic E-state index is 0.431. The highest BCUT2D eigenvalue weighted by molar-refractivity contribution is 7.85. The third kappa shape index (κ3) is 4.89. The van der Waals surface area contributed by atoms with E-state index in [1.807, 2.05) is 6.21 Å². The molecule has 1 nitrogen and oxygen atoms in total. The van der Waals surface area contributed by atoms with Crippen LogP contribution in [0.15, 0.2) is 46.3 Å². The maximum atomic E-state index is 4.49. The van der Waals surface area contributed by atoms with E-state index in [0.29, 0.717) is 11.8 Å². The highest BCUT2D eigenvalue weighted by Gasteiger charge is 2.18. The molecule has 0 heterocycles. The summed E-state index contributed by atoms with van der Waals surface area (Å²) in [5.74, 6) is 0.949. The van der Waals surface area contributed by atoms with Crippen molar-refractivity contribution in [2.45, 2.75) is 34.1 Å². The summed E-state index contributed by atoms with van der Waals surface area (Å²) in [6.45, 7) is 13.2. The molecule has 0 saturated carbocycles. The van der Waals surface area contributed by atoms with Crippen LogP contribution in [0.25, 0.3) is 5.57 Å². The Balaban J connectivity index is 2.84. The lowest BCUT2D eigenvalue weighted by Crippen LogP contribution is -2.11. The fourth-order valence-corrected chi connectivity index (χ4v) is 2.73. The van der Waals surface area contributed by atoms with Crippen LogP contribution in [0, 0.1) is 18.8 Å². The second kappa shape index (κ2) is 8.23. The number of aliphatic imine (C=N–C) groups is 1. The largest absolute Gasteiger partial charge is 0.295 e. The highest BCUT2D eigenvalue weighted by Crippen LogP contribution is 2.33. The fraction of sp³-hybridized carbons (Fsp3) is 0.421. The van der Waals surface area contributed by atoms with Crippen molar-refractivity contribution in [1.29, 1.82) is 0 Å². The van der Waals surface area contributed by atoms with E-state index in [9.17, 15) is 0 Å². The Hall–Kier alpha value is -1.28. The van der Waals surface area contributed by atoms with Gasteiger partial charge in [-0.2, -0.15) is 0 Å². The molecule has 0 aromatic heterocycles. The molecule has 0 amide bonds. The molecule has 0 saturated heterocycles. The van der Waals surface area contributed by atoms with E-state index < -0.39 is 0 Å². The van der Waals surface area contributed by atoms with Crippen LogP contribution in [0.4, 0.5) is 0 Å². The van der Waals surface area contributed by atoms with Crippen LogP contribution < -0.4 is 0 Å². The summed E-state index contributed by atoms with van der Waals surface area (Å²) < 4.78 is 0. The van der Waals surface area contributed by atoms with Crippen LogP contribution in [0.1, 0.15) is 38.3 Å². The molecule has 1 rings (SSSR count). The van der Waals surface area contributed by atoms with Crippen molar-refractivity contribution in [2.75, 3.05) is 7.05 Å². The van der Waals surface area contributed by atoms with Gasteiger partial charge in [0.15, 0.2) is 0 Å². The van der Waals surface area contributed by atoms with Crippen molar-refractivity contribution in [3.8, 4) is 0 Å². The van der Waals surface area contributed by atoms with Gasteiger partial charge in [-0.3, -0.25) is 4.99 Å². The number of hydrogen-bond donors (Lipinski definition) is 1. The summed E-state index contributed by atoms with van der Waals surface area (Å²) in [4.78, 5) is 5.00. The molecule has 0 aliphatic carbocycles. The zero-order valence-corrected chi connectivity index (χ0v) is 14.7. The maximum Gasteiger partial charge on any atom is 0.0341 e. The molecular weight excluding hydrogens is 274 g/mol. The van der Waals surface area contributed by atoms with Gasteiger partial charge in [-0.25, -0.2) is 0 Å². The molecule has 2 heteroatoms. The summed E-state index contributed by atoms with van der Waals surface area (Å²) in [6, 6.07) is 8.47. The van der Waals surface area contributed by atoms with Crippen LogP contribution in [0.3, 0.4) is 0 Å². The first kappa shape index (κ1) is 17.8. The van der Waals surface area contributed by atoms with Crippen molar-refractivity contribution in [1.82, 2.24) is 0 Å². The van der Waals surface area contributed by atoms with Gasteiger partial charge in [0, 0.05) is 18.2 Å². The number of rotatable bonds is 6. The summed E-state index contributed by atoms with van der Waals surface area (Å²) in [7, 11) is 1.77. The minimum Gasteiger partial charge on any atom is -0.295 e. The molecule has 0 N–H and O–H groups in total. The number of benzene rings is 1. The molecule has 1 aromatic rings. The number of nitrogens with zero attached hydrogens (tertiary/aromatic N) is 1. The van der Waals surface area contributed by atoms with E-state index >= 15 is 0 Å². The first-order valence-electron chi connectivity index (χ1n) is 7.44. The SMILES string of the molecule is C=C(c1ccccc1C)C(C)C(C)C/C(C)=C(/S)C=NC. The smallest absolute Gasteiger partial charge is 0.0341 e. The maximum absolute atomic E-state index is 4.49. The van der Waals surface area contributed by atoms with Gasteiger partial charge in [-0.15, -0.1) is 12.6 Å². The summed E-state index contributed by atoms with van der Waals surface area (Å²) in [5.41, 5.74) is 5.07. The van der Waals surface area contributed by atoms with Gasteiger partial charge in [0.1, 0.15) is 0 Å². The molecule has 114 valence electrons. The Kier molecular flexibility index (Phi) is 6.97. The van der Waals surface area contributed by atoms with E-state index in [0.717, 1.165) is 11.3 Å². The van der Waals surface area contributed by atoms with E-state index in [1.165, 1.54) is 22.3 Å². The Morgan fingerprint density at radius 3 is 2.52 bits per heavy atom. The van der Waals surface area contributed by atoms with Gasteiger partial charge in [-0.1, -0.05) is 50.3 Å². The van der Waals surface area contributed by atoms with Crippen molar-refractivity contribution >= 4 is 24.4 Å². The van der Waals surface area contributed by atoms with Crippen LogP contribution in [-0.4, -0.2) is 13.3 Å². The van der Waals surface area contributed by atoms with Crippen molar-refractivity contribution in [3.05, 3.63) is 52.4 Å². The van der Waals surface area contributed by atoms with Crippen molar-refractivity contribution in [3.63, 3.8) is 0 Å². The average molecular weight is 301 g/mol. The first-order chi connectivity index (χ1) is 9.88. The zero-order chi connectivity index (χ0) is 16.0. The molecule has 0 aliphatic heterocycles. The predicted molar refractivity (Wildman–Crippen MR) is 99.3 cm³/mol. The topological polar surface area (TPSA) is 12.4 Å². The first-order valence-corrected chi connectivity index (χ1v) is 7.88. The van der Waals surface area contributed by atoms with Gasteiger partial charge in [0.2, 0.25) is 0 Å². The average Bonchev–Trinajstić information content (AvgIpc) is 2.46. The summed E-state index contributed by atoms with van der Waals surface area (Å²) >= 11 is 4.49. The van der Waals surface area contributed by atoms with Gasteiger partial charge in [0.05, 0.1) is 0 Å². The van der Waals surface area contributed by atoms with E-state index in [-0.39, 0.29) is 0 Å². The summed E-state index contributed by atoms with van der Waals surface area (Å²) in [5, 5.41) is 0. The molecule has 21 heavy (non-hydrogen) atoms. The summed E-state index contributed by atoms with van der Waals surface area (Å²) in [6.07, 6.45) is 2.82. The van der Waals surface area contributed by atoms with Gasteiger partial charge < -0.3 is 0 Å². The second-order valence-electron chi connectivity index (χ2n) is 5.86. The Labute approximate surface area is 135 Å². The third-order valence-corrected chi connectivity index (χ3v) is 4.71. The Bertz CT molecular complexity index is 554. The lowest BCUT2D eigenvalue weighted by molar-refractivity contribution is 0.468. The normalized spacial score (nSPS) is 15.7. The van der Waals surface area contributed by atoms with Crippen molar-refractivity contribution in [2.24, 2.45) is 16.8 Å². The quantitative estimate of drug-likeness (QED) is 0.520. The van der Waals surface area contributed by atoms with Gasteiger partial charge >= 0.3 is 0 Å². The fourth-order valence-electron chi connectivity index (χ4n) is 2.52. The predicted octanol–water partition coefficient (Wildman–Crippen LogP) is 5.57. The Morgan fingerprint density at radius 2 is 1.95 bits per heavy atom. The van der Waals surface area contributed by atoms with Crippen LogP contribution in [0.2, 0.25) is 0 Å². The van der Waals surface area contributed by atoms with Crippen LogP contribution in [-0.2, 0) is 0 Å². The van der Waals surface area contributed by atoms with Gasteiger partial charge in [0.25, 0.3) is 0 Å². The molecule has 2 atom stereocenters. The molecular formula is C19H27NS. The highest BCUT2D eigenvalue weighted by atomic mass is 32.1. The number of allylic oxidation sites excluding steroid dienone is 3. The van der Waals surface area contributed by atoms with Crippen LogP contribution in [0.5, 0.6) is 0 Å². The standard InChI is InChI=1S/C19H27NS/c1-13-9-7-8-10-18(13)17(5)16(4)14(2)11-15(3)19(21)12-20-6/h7-10,12,14,16,21H,5,11H2,1-4,6H3/b19-15+,20-12?. The molecule has 0 spiro atoms. The number of aryl methyl sites for hydroxylation is 1. The molecule has 1 aromatic carbocycles. The van der Waals surface area contributed by atoms with Crippen molar-refractivity contribution < 1.29 is 0 Å². The van der Waals surface area contributed by atoms with E-state index in [1.54, 1.807) is 7.05 Å². The monoisotopic (exact) mass is 301 g/mol. The molecule has 0 bridgehead atoms. The lowest BCUT2D eigenvalue weighted by Gasteiger charge is -2.24. The minimum atomic E-state index is 0.431. The second-order valence-corrected chi connectivity index (χ2v) is 6.34. The van der Waals surface area contributed by atoms with Crippen LogP contribution >= 0.6 is 12.6 Å². The lowest BCUT2D eigenvalue weighted by atomic mass is 9.81. The molecule has 0 aliphatic rings. The number of hydrogen-bond acceptors (Lipinski definition) is 2. The molecule has 0 radical (unpaired) electrons. The van der Waals surface area contributed by atoms with E-state index in [2.05, 4.69) is 76.2 Å². The zero-order valence-electron chi connectivity index (χ0n) is 13.9. The van der Waals surface area contributed by atoms with E-state index in [4.69, 9.17) is 0 Å².